The molecule has 1 spiro atoms. The van der Waals surface area contributed by atoms with E-state index in [1.54, 1.807) is 10.5 Å². The number of hydrogen-bond donors (Lipinski definition) is 2. The summed E-state index contributed by atoms with van der Waals surface area (Å²) in [7, 11) is 0. The number of aliphatic hydroxyl groups excluding tert-OH is 1. The summed E-state index contributed by atoms with van der Waals surface area (Å²) in [5.41, 5.74) is 2.09. The van der Waals surface area contributed by atoms with E-state index in [0.717, 1.165) is 51.8 Å². The lowest BCUT2D eigenvalue weighted by Gasteiger charge is -2.58. The number of nitrogens with one attached hydrogen (secondary N) is 1. The van der Waals surface area contributed by atoms with E-state index < -0.39 is 0 Å². The molecular weight excluding hydrogens is 554 g/mol. The highest BCUT2D eigenvalue weighted by Gasteiger charge is 2.68. The Hall–Kier alpha value is -1.48. The number of carbonyl (C=O) groups is 2. The molecule has 3 saturated carbocycles. The number of piperazine rings is 1. The van der Waals surface area contributed by atoms with Gasteiger partial charge < -0.3 is 24.8 Å². The number of nitrogens with zero attached hydrogens (tertiary/aromatic N) is 2. The summed E-state index contributed by atoms with van der Waals surface area (Å²) in [6, 6.07) is 0.121. The normalized spacial score (nSPS) is 46.9. The zero-order valence-corrected chi connectivity index (χ0v) is 27.7. The van der Waals surface area contributed by atoms with E-state index in [1.165, 1.54) is 25.7 Å². The second-order valence-electron chi connectivity index (χ2n) is 16.4. The average Bonchev–Trinajstić information content (AvgIpc) is 3.45. The Labute approximate surface area is 264 Å². The molecule has 0 unspecified atom stereocenters. The summed E-state index contributed by atoms with van der Waals surface area (Å²) in [6.07, 6.45) is 13.1. The van der Waals surface area contributed by atoms with Gasteiger partial charge in [-0.25, -0.2) is 0 Å². The van der Waals surface area contributed by atoms with Crippen LogP contribution in [0.25, 0.3) is 0 Å². The first-order valence-electron chi connectivity index (χ1n) is 18.0. The number of rotatable bonds is 5. The maximum atomic E-state index is 13.0. The molecular formula is C36H57N3O5. The summed E-state index contributed by atoms with van der Waals surface area (Å²) in [4.78, 5) is 29.8. The lowest BCUT2D eigenvalue weighted by molar-refractivity contribution is -0.272. The number of hydrogen-bond acceptors (Lipinski definition) is 6. The minimum absolute atomic E-state index is 0.0635. The van der Waals surface area contributed by atoms with Gasteiger partial charge in [0.05, 0.1) is 19.3 Å². The Morgan fingerprint density at radius 1 is 1.05 bits per heavy atom. The van der Waals surface area contributed by atoms with Crippen molar-refractivity contribution in [3.63, 3.8) is 0 Å². The zero-order valence-electron chi connectivity index (χ0n) is 27.7. The van der Waals surface area contributed by atoms with Crippen molar-refractivity contribution in [1.82, 2.24) is 15.1 Å². The molecule has 44 heavy (non-hydrogen) atoms. The lowest BCUT2D eigenvalue weighted by atomic mass is 9.46. The molecule has 4 aliphatic carbocycles. The van der Waals surface area contributed by atoms with Crippen molar-refractivity contribution in [2.24, 2.45) is 46.3 Å². The third-order valence-electron chi connectivity index (χ3n) is 14.2. The van der Waals surface area contributed by atoms with E-state index in [1.807, 2.05) is 0 Å². The number of ether oxygens (including phenoxy) is 2. The van der Waals surface area contributed by atoms with Crippen molar-refractivity contribution in [3.8, 4) is 0 Å². The average molecular weight is 612 g/mol. The van der Waals surface area contributed by atoms with Crippen molar-refractivity contribution < 1.29 is 24.2 Å². The summed E-state index contributed by atoms with van der Waals surface area (Å²) >= 11 is 0. The van der Waals surface area contributed by atoms with Crippen LogP contribution in [0.1, 0.15) is 91.9 Å². The number of allylic oxidation sites excluding steroid dienone is 1. The Kier molecular flexibility index (Phi) is 8.24. The quantitative estimate of drug-likeness (QED) is 0.355. The SMILES string of the molecule is C[C@@H]1CC[C@@]2(OC1)O[C@H]1C[C@H]3[C@@H]4CC=C5C[C@H](NC(=O)CC(=O)N6CCN(CCO)CC6)CC[C@]5(C)[C@H]4CC[C@]3(C)[C@H]1[C@@H]2C. The van der Waals surface area contributed by atoms with E-state index >= 15 is 0 Å². The van der Waals surface area contributed by atoms with Gasteiger partial charge in [-0.15, -0.1) is 0 Å². The molecule has 246 valence electrons. The van der Waals surface area contributed by atoms with Crippen molar-refractivity contribution in [3.05, 3.63) is 11.6 Å². The van der Waals surface area contributed by atoms with Crippen molar-refractivity contribution in [2.75, 3.05) is 45.9 Å². The van der Waals surface area contributed by atoms with E-state index in [-0.39, 0.29) is 42.1 Å². The molecule has 3 aliphatic heterocycles. The maximum Gasteiger partial charge on any atom is 0.232 e. The predicted octanol–water partition coefficient (Wildman–Crippen LogP) is 4.36. The van der Waals surface area contributed by atoms with Crippen LogP contribution in [-0.4, -0.2) is 90.6 Å². The Bertz CT molecular complexity index is 1140. The second-order valence-corrected chi connectivity index (χ2v) is 16.4. The van der Waals surface area contributed by atoms with Gasteiger partial charge >= 0.3 is 0 Å². The molecule has 8 heteroatoms. The fourth-order valence-corrected chi connectivity index (χ4v) is 11.7. The van der Waals surface area contributed by atoms with Crippen molar-refractivity contribution in [2.45, 2.75) is 110 Å². The number of carbonyl (C=O) groups excluding carboxylic acids is 2. The third-order valence-corrected chi connectivity index (χ3v) is 14.2. The summed E-state index contributed by atoms with van der Waals surface area (Å²) < 4.78 is 13.5. The van der Waals surface area contributed by atoms with Crippen LogP contribution in [0.2, 0.25) is 0 Å². The van der Waals surface area contributed by atoms with Gasteiger partial charge in [-0.05, 0) is 91.8 Å². The van der Waals surface area contributed by atoms with Crippen molar-refractivity contribution in [1.29, 1.82) is 0 Å². The van der Waals surface area contributed by atoms with Gasteiger partial charge in [-0.1, -0.05) is 39.3 Å². The summed E-state index contributed by atoms with van der Waals surface area (Å²) in [6.45, 7) is 14.2. The van der Waals surface area contributed by atoms with Crippen LogP contribution in [0.15, 0.2) is 11.6 Å². The van der Waals surface area contributed by atoms with Gasteiger partial charge in [-0.2, -0.15) is 0 Å². The minimum atomic E-state index is -0.346. The highest BCUT2D eigenvalue weighted by atomic mass is 16.7. The van der Waals surface area contributed by atoms with E-state index in [2.05, 4.69) is 44.0 Å². The molecule has 2 amide bonds. The molecule has 0 aromatic carbocycles. The van der Waals surface area contributed by atoms with E-state index in [0.29, 0.717) is 66.7 Å². The van der Waals surface area contributed by atoms with Gasteiger partial charge in [-0.3, -0.25) is 14.5 Å². The molecule has 8 nitrogen and oxygen atoms in total. The summed E-state index contributed by atoms with van der Waals surface area (Å²) in [5, 5.41) is 12.4. The number of β-amino-alcohol motifs (C(OH)–C–C–N with tert-alkyl or cyclic N) is 1. The van der Waals surface area contributed by atoms with Crippen LogP contribution in [0.4, 0.5) is 0 Å². The molecule has 7 rings (SSSR count). The monoisotopic (exact) mass is 611 g/mol. The molecule has 6 fully saturated rings. The fraction of sp³-hybridized carbons (Fsp3) is 0.889. The van der Waals surface area contributed by atoms with E-state index in [9.17, 15) is 9.59 Å². The lowest BCUT2D eigenvalue weighted by Crippen LogP contribution is -2.53. The van der Waals surface area contributed by atoms with Crippen LogP contribution in [0, 0.1) is 46.3 Å². The Morgan fingerprint density at radius 2 is 1.84 bits per heavy atom. The molecule has 0 bridgehead atoms. The second kappa shape index (κ2) is 11.6. The van der Waals surface area contributed by atoms with Crippen molar-refractivity contribution >= 4 is 11.8 Å². The van der Waals surface area contributed by atoms with Gasteiger partial charge in [0.15, 0.2) is 5.79 Å². The highest BCUT2D eigenvalue weighted by Crippen LogP contribution is 2.70. The van der Waals surface area contributed by atoms with Crippen LogP contribution in [0.5, 0.6) is 0 Å². The smallest absolute Gasteiger partial charge is 0.232 e. The summed E-state index contributed by atoms with van der Waals surface area (Å²) in [5.74, 6) is 3.26. The topological polar surface area (TPSA) is 91.3 Å². The Balaban J connectivity index is 0.966. The Morgan fingerprint density at radius 3 is 2.57 bits per heavy atom. The minimum Gasteiger partial charge on any atom is -0.395 e. The molecule has 0 aromatic heterocycles. The first-order valence-corrected chi connectivity index (χ1v) is 18.0. The van der Waals surface area contributed by atoms with Crippen LogP contribution in [0.3, 0.4) is 0 Å². The molecule has 7 aliphatic rings. The van der Waals surface area contributed by atoms with Crippen LogP contribution in [-0.2, 0) is 19.1 Å². The first kappa shape index (κ1) is 31.1. The first-order chi connectivity index (χ1) is 21.1. The number of amides is 2. The molecule has 11 atom stereocenters. The third kappa shape index (κ3) is 5.09. The zero-order chi connectivity index (χ0) is 30.9. The van der Waals surface area contributed by atoms with Crippen LogP contribution < -0.4 is 5.32 Å². The van der Waals surface area contributed by atoms with Gasteiger partial charge in [0.25, 0.3) is 0 Å². The van der Waals surface area contributed by atoms with Gasteiger partial charge in [0.1, 0.15) is 6.42 Å². The predicted molar refractivity (Wildman–Crippen MR) is 168 cm³/mol. The van der Waals surface area contributed by atoms with Gasteiger partial charge in [0.2, 0.25) is 11.8 Å². The van der Waals surface area contributed by atoms with Gasteiger partial charge in [0, 0.05) is 51.1 Å². The standard InChI is InChI=1S/C36H57N3O5/c1-23-7-12-36(43-22-23)24(2)33-30(44-36)20-29-27-6-5-25-19-26(8-10-34(25,3)28(27)9-11-35(29,33)4)37-31(41)21-32(42)39-15-13-38(14-16-39)17-18-40/h5,23-24,26-30,33,40H,6-22H2,1-4H3,(H,37,41)/t23-,24+,26-,27-,28+,29+,30+,33+,34+,35+,36-/m1/s1. The number of aliphatic hydroxyl groups is 1. The molecule has 0 aromatic rings. The molecule has 3 saturated heterocycles. The largest absolute Gasteiger partial charge is 0.395 e. The highest BCUT2D eigenvalue weighted by molar-refractivity contribution is 5.97. The molecule has 3 heterocycles. The van der Waals surface area contributed by atoms with E-state index in [4.69, 9.17) is 14.6 Å². The molecule has 0 radical (unpaired) electrons. The fourth-order valence-electron chi connectivity index (χ4n) is 11.7. The van der Waals surface area contributed by atoms with Crippen LogP contribution >= 0.6 is 0 Å². The maximum absolute atomic E-state index is 13.0. The molecule has 2 N–H and O–H groups in total. The number of fused-ring (bicyclic) bond motifs is 7.